The smallest absolute Gasteiger partial charge is 0.264 e. The molecular formula is C20H11Cl2FN2O. The van der Waals surface area contributed by atoms with E-state index in [0.29, 0.717) is 33.0 Å². The van der Waals surface area contributed by atoms with E-state index in [1.54, 1.807) is 48.5 Å². The molecule has 6 heteroatoms. The molecule has 1 aromatic heterocycles. The van der Waals surface area contributed by atoms with E-state index in [9.17, 15) is 9.18 Å². The van der Waals surface area contributed by atoms with Gasteiger partial charge in [0.15, 0.2) is 0 Å². The number of halogens is 3. The molecule has 1 heterocycles. The number of hydrogen-bond acceptors (Lipinski definition) is 2. The number of hydrogen-bond donors (Lipinski definition) is 0. The summed E-state index contributed by atoms with van der Waals surface area (Å²) in [7, 11) is 0. The van der Waals surface area contributed by atoms with Crippen LogP contribution in [-0.2, 0) is 0 Å². The van der Waals surface area contributed by atoms with Crippen LogP contribution in [0.25, 0.3) is 22.4 Å². The summed E-state index contributed by atoms with van der Waals surface area (Å²) in [5.41, 5.74) is 2.22. The average Bonchev–Trinajstić information content (AvgIpc) is 3.02. The van der Waals surface area contributed by atoms with Crippen molar-refractivity contribution in [3.05, 3.63) is 88.2 Å². The largest absolute Gasteiger partial charge is 0.268 e. The van der Waals surface area contributed by atoms with Crippen molar-refractivity contribution in [1.29, 1.82) is 0 Å². The zero-order valence-corrected chi connectivity index (χ0v) is 14.8. The highest BCUT2D eigenvalue weighted by Gasteiger charge is 2.20. The Morgan fingerprint density at radius 2 is 1.73 bits per heavy atom. The second-order valence-electron chi connectivity index (χ2n) is 5.70. The fraction of sp³-hybridized carbons (Fsp3) is 0. The molecule has 0 spiro atoms. The second-order valence-corrected chi connectivity index (χ2v) is 6.55. The van der Waals surface area contributed by atoms with Crippen LogP contribution in [0, 0.1) is 5.82 Å². The van der Waals surface area contributed by atoms with Crippen LogP contribution in [0.5, 0.6) is 0 Å². The third kappa shape index (κ3) is 2.87. The maximum Gasteiger partial charge on any atom is 0.264 e. The zero-order valence-electron chi connectivity index (χ0n) is 13.3. The zero-order chi connectivity index (χ0) is 18.3. The van der Waals surface area contributed by atoms with Gasteiger partial charge in [0.1, 0.15) is 11.6 Å². The molecule has 4 aromatic rings. The van der Waals surface area contributed by atoms with Gasteiger partial charge in [-0.3, -0.25) is 9.36 Å². The molecule has 0 bridgehead atoms. The Bertz CT molecular complexity index is 1140. The summed E-state index contributed by atoms with van der Waals surface area (Å²) in [5.74, 6) is -0.403. The molecule has 26 heavy (non-hydrogen) atoms. The Kier molecular flexibility index (Phi) is 4.23. The minimum Gasteiger partial charge on any atom is -0.268 e. The monoisotopic (exact) mass is 384 g/mol. The van der Waals surface area contributed by atoms with Gasteiger partial charge in [-0.15, -0.1) is 0 Å². The number of nitrogens with zero attached hydrogens (tertiary/aromatic N) is 2. The molecule has 0 aliphatic heterocycles. The first-order valence-electron chi connectivity index (χ1n) is 7.78. The highest BCUT2D eigenvalue weighted by molar-refractivity contribution is 6.31. The maximum atomic E-state index is 13.6. The van der Waals surface area contributed by atoms with Crippen molar-refractivity contribution >= 4 is 40.1 Å². The van der Waals surface area contributed by atoms with Crippen LogP contribution in [0.1, 0.15) is 10.4 Å². The minimum absolute atomic E-state index is 0.0358. The predicted octanol–water partition coefficient (Wildman–Crippen LogP) is 5.84. The quantitative estimate of drug-likeness (QED) is 0.435. The lowest BCUT2D eigenvalue weighted by Crippen LogP contribution is -2.13. The topological polar surface area (TPSA) is 34.9 Å². The molecule has 4 rings (SSSR count). The van der Waals surface area contributed by atoms with Gasteiger partial charge < -0.3 is 0 Å². The van der Waals surface area contributed by atoms with Gasteiger partial charge >= 0.3 is 0 Å². The summed E-state index contributed by atoms with van der Waals surface area (Å²) >= 11 is 12.0. The number of carbonyl (C=O) groups is 1. The van der Waals surface area contributed by atoms with Crippen LogP contribution in [0.4, 0.5) is 4.39 Å². The van der Waals surface area contributed by atoms with Crippen LogP contribution in [-0.4, -0.2) is 15.5 Å². The average molecular weight is 385 g/mol. The Labute approximate surface area is 158 Å². The van der Waals surface area contributed by atoms with E-state index in [1.807, 2.05) is 6.07 Å². The maximum absolute atomic E-state index is 13.6. The van der Waals surface area contributed by atoms with Gasteiger partial charge in [0, 0.05) is 16.1 Å². The summed E-state index contributed by atoms with van der Waals surface area (Å²) in [6.45, 7) is 0. The number of imidazole rings is 1. The normalized spacial score (nSPS) is 11.0. The lowest BCUT2D eigenvalue weighted by Gasteiger charge is -2.09. The van der Waals surface area contributed by atoms with Gasteiger partial charge in [-0.2, -0.15) is 0 Å². The first-order valence-corrected chi connectivity index (χ1v) is 8.53. The van der Waals surface area contributed by atoms with E-state index < -0.39 is 5.82 Å². The van der Waals surface area contributed by atoms with Crippen LogP contribution in [0.2, 0.25) is 10.0 Å². The number of fused-ring (bicyclic) bond motifs is 1. The summed E-state index contributed by atoms with van der Waals surface area (Å²) in [6.07, 6.45) is 0. The third-order valence-electron chi connectivity index (χ3n) is 4.02. The van der Waals surface area contributed by atoms with Crippen LogP contribution in [0.15, 0.2) is 66.7 Å². The number of carbonyl (C=O) groups excluding carboxylic acids is 1. The first-order chi connectivity index (χ1) is 12.5. The molecule has 0 N–H and O–H groups in total. The van der Waals surface area contributed by atoms with Crippen molar-refractivity contribution in [2.75, 3.05) is 0 Å². The van der Waals surface area contributed by atoms with Crippen molar-refractivity contribution < 1.29 is 9.18 Å². The Morgan fingerprint density at radius 3 is 2.46 bits per heavy atom. The summed E-state index contributed by atoms with van der Waals surface area (Å²) < 4.78 is 15.0. The molecule has 0 aliphatic rings. The van der Waals surface area contributed by atoms with Crippen molar-refractivity contribution in [1.82, 2.24) is 9.55 Å². The lowest BCUT2D eigenvalue weighted by molar-refractivity contribution is 0.0966. The highest BCUT2D eigenvalue weighted by atomic mass is 35.5. The third-order valence-corrected chi connectivity index (χ3v) is 4.54. The fourth-order valence-electron chi connectivity index (χ4n) is 2.80. The van der Waals surface area contributed by atoms with Crippen LogP contribution >= 0.6 is 23.2 Å². The molecule has 0 saturated carbocycles. The van der Waals surface area contributed by atoms with E-state index >= 15 is 0 Å². The Morgan fingerprint density at radius 1 is 0.962 bits per heavy atom. The van der Waals surface area contributed by atoms with Gasteiger partial charge in [-0.25, -0.2) is 9.37 Å². The SMILES string of the molecule is O=C(c1ccccc1)n1c(-c2ccc(F)c(Cl)c2)nc2cc(Cl)ccc21. The number of aromatic nitrogens is 2. The van der Waals surface area contributed by atoms with Gasteiger partial charge in [0.05, 0.1) is 16.1 Å². The molecule has 0 atom stereocenters. The molecule has 0 unspecified atom stereocenters. The molecule has 0 fully saturated rings. The van der Waals surface area contributed by atoms with Gasteiger partial charge in [-0.1, -0.05) is 41.4 Å². The van der Waals surface area contributed by atoms with E-state index in [0.717, 1.165) is 0 Å². The molecular weight excluding hydrogens is 374 g/mol. The summed E-state index contributed by atoms with van der Waals surface area (Å²) in [4.78, 5) is 17.7. The Balaban J connectivity index is 2.00. The van der Waals surface area contributed by atoms with Crippen molar-refractivity contribution in [2.45, 2.75) is 0 Å². The first kappa shape index (κ1) is 16.8. The van der Waals surface area contributed by atoms with Gasteiger partial charge in [0.2, 0.25) is 0 Å². The number of rotatable bonds is 2. The van der Waals surface area contributed by atoms with Crippen molar-refractivity contribution in [3.63, 3.8) is 0 Å². The highest BCUT2D eigenvalue weighted by Crippen LogP contribution is 2.30. The molecule has 0 amide bonds. The molecule has 128 valence electrons. The van der Waals surface area contributed by atoms with Gasteiger partial charge in [-0.05, 0) is 48.5 Å². The second kappa shape index (κ2) is 6.56. The molecule has 3 nitrogen and oxygen atoms in total. The van der Waals surface area contributed by atoms with Crippen molar-refractivity contribution in [2.24, 2.45) is 0 Å². The number of benzene rings is 3. The van der Waals surface area contributed by atoms with E-state index in [4.69, 9.17) is 23.2 Å². The van der Waals surface area contributed by atoms with Gasteiger partial charge in [0.25, 0.3) is 5.91 Å². The van der Waals surface area contributed by atoms with Crippen LogP contribution < -0.4 is 0 Å². The predicted molar refractivity (Wildman–Crippen MR) is 101 cm³/mol. The summed E-state index contributed by atoms with van der Waals surface area (Å²) in [5, 5.41) is 0.476. The lowest BCUT2D eigenvalue weighted by atomic mass is 10.1. The molecule has 0 radical (unpaired) electrons. The summed E-state index contributed by atoms with van der Waals surface area (Å²) in [6, 6.07) is 18.2. The molecule has 0 aliphatic carbocycles. The Hall–Kier alpha value is -2.69. The van der Waals surface area contributed by atoms with E-state index in [-0.39, 0.29) is 10.9 Å². The molecule has 3 aromatic carbocycles. The van der Waals surface area contributed by atoms with E-state index in [2.05, 4.69) is 4.98 Å². The fourth-order valence-corrected chi connectivity index (χ4v) is 3.14. The molecule has 0 saturated heterocycles. The van der Waals surface area contributed by atoms with Crippen molar-refractivity contribution in [3.8, 4) is 11.4 Å². The van der Waals surface area contributed by atoms with Crippen LogP contribution in [0.3, 0.4) is 0 Å². The minimum atomic E-state index is -0.532. The van der Waals surface area contributed by atoms with E-state index in [1.165, 1.54) is 16.7 Å². The standard InChI is InChI=1S/C20H11Cl2FN2O/c21-14-7-9-18-17(11-14)24-19(13-6-8-16(23)15(22)10-13)25(18)20(26)12-4-2-1-3-5-12/h1-11H.